The molecule has 0 radical (unpaired) electrons. The van der Waals surface area contributed by atoms with E-state index in [2.05, 4.69) is 10.1 Å². The summed E-state index contributed by atoms with van der Waals surface area (Å²) in [6.45, 7) is 3.53. The first-order valence-electron chi connectivity index (χ1n) is 7.03. The number of esters is 1. The highest BCUT2D eigenvalue weighted by atomic mass is 16.6. The highest BCUT2D eigenvalue weighted by Crippen LogP contribution is 2.23. The van der Waals surface area contributed by atoms with E-state index in [1.807, 2.05) is 6.92 Å². The fraction of sp³-hybridized carbons (Fsp3) is 0.429. The molecule has 1 rings (SSSR count). The average molecular weight is 339 g/mol. The van der Waals surface area contributed by atoms with E-state index in [9.17, 15) is 29.8 Å². The average Bonchev–Trinajstić information content (AvgIpc) is 2.57. The van der Waals surface area contributed by atoms with Crippen LogP contribution in [0.1, 0.15) is 30.6 Å². The molecule has 24 heavy (non-hydrogen) atoms. The van der Waals surface area contributed by atoms with Crippen LogP contribution in [0.3, 0.4) is 0 Å². The summed E-state index contributed by atoms with van der Waals surface area (Å²) in [6.07, 6.45) is 0.565. The fourth-order valence-corrected chi connectivity index (χ4v) is 1.96. The van der Waals surface area contributed by atoms with Gasteiger partial charge in [0.2, 0.25) is 0 Å². The number of nitro groups is 2. The smallest absolute Gasteiger partial charge is 0.328 e. The van der Waals surface area contributed by atoms with Crippen molar-refractivity contribution in [2.75, 3.05) is 7.11 Å². The molecule has 2 atom stereocenters. The van der Waals surface area contributed by atoms with Gasteiger partial charge in [-0.2, -0.15) is 0 Å². The summed E-state index contributed by atoms with van der Waals surface area (Å²) in [6, 6.07) is 1.61. The number of non-ortho nitro benzene ring substituents is 2. The van der Waals surface area contributed by atoms with Gasteiger partial charge in [-0.15, -0.1) is 0 Å². The third-order valence-corrected chi connectivity index (χ3v) is 3.54. The minimum absolute atomic E-state index is 0.255. The van der Waals surface area contributed by atoms with E-state index in [1.54, 1.807) is 6.92 Å². The van der Waals surface area contributed by atoms with Crippen molar-refractivity contribution in [1.29, 1.82) is 0 Å². The molecule has 10 nitrogen and oxygen atoms in total. The lowest BCUT2D eigenvalue weighted by molar-refractivity contribution is -0.394. The van der Waals surface area contributed by atoms with Gasteiger partial charge in [-0.05, 0) is 5.92 Å². The number of ether oxygens (including phenoxy) is 1. The van der Waals surface area contributed by atoms with Crippen LogP contribution in [0.15, 0.2) is 18.2 Å². The molecule has 1 aromatic carbocycles. The number of methoxy groups -OCH3 is 1. The summed E-state index contributed by atoms with van der Waals surface area (Å²) in [4.78, 5) is 44.1. The number of hydrogen-bond donors (Lipinski definition) is 1. The van der Waals surface area contributed by atoms with Crippen molar-refractivity contribution in [3.63, 3.8) is 0 Å². The Morgan fingerprint density at radius 3 is 2.04 bits per heavy atom. The van der Waals surface area contributed by atoms with Crippen LogP contribution in [0.25, 0.3) is 0 Å². The molecule has 0 aromatic heterocycles. The topological polar surface area (TPSA) is 142 Å². The molecule has 130 valence electrons. The van der Waals surface area contributed by atoms with Gasteiger partial charge in [0.1, 0.15) is 6.04 Å². The maximum Gasteiger partial charge on any atom is 0.328 e. The predicted molar refractivity (Wildman–Crippen MR) is 82.5 cm³/mol. The Hall–Kier alpha value is -3.04. The minimum atomic E-state index is -0.967. The number of nitrogens with zero attached hydrogens (tertiary/aromatic N) is 2. The lowest BCUT2D eigenvalue weighted by Gasteiger charge is -2.21. The van der Waals surface area contributed by atoms with Crippen molar-refractivity contribution >= 4 is 23.3 Å². The molecule has 0 aliphatic rings. The summed E-state index contributed by atoms with van der Waals surface area (Å²) < 4.78 is 4.63. The van der Waals surface area contributed by atoms with Gasteiger partial charge in [-0.3, -0.25) is 25.0 Å². The lowest BCUT2D eigenvalue weighted by atomic mass is 9.98. The Kier molecular flexibility index (Phi) is 6.33. The maximum absolute atomic E-state index is 12.3. The third kappa shape index (κ3) is 4.48. The molecule has 0 bridgehead atoms. The molecule has 0 heterocycles. The van der Waals surface area contributed by atoms with Crippen molar-refractivity contribution in [1.82, 2.24) is 5.32 Å². The van der Waals surface area contributed by atoms with Gasteiger partial charge < -0.3 is 10.1 Å². The number of amides is 1. The van der Waals surface area contributed by atoms with Crippen LogP contribution in [0.5, 0.6) is 0 Å². The van der Waals surface area contributed by atoms with Crippen LogP contribution < -0.4 is 5.32 Å². The van der Waals surface area contributed by atoms with Crippen molar-refractivity contribution in [2.24, 2.45) is 5.92 Å². The first-order valence-corrected chi connectivity index (χ1v) is 7.03. The van der Waals surface area contributed by atoms with Gasteiger partial charge in [-0.25, -0.2) is 4.79 Å². The molecule has 0 aliphatic heterocycles. The van der Waals surface area contributed by atoms with Gasteiger partial charge >= 0.3 is 5.97 Å². The fourth-order valence-electron chi connectivity index (χ4n) is 1.96. The van der Waals surface area contributed by atoms with E-state index in [0.717, 1.165) is 18.2 Å². The monoisotopic (exact) mass is 339 g/mol. The zero-order valence-corrected chi connectivity index (χ0v) is 13.3. The minimum Gasteiger partial charge on any atom is -0.467 e. The van der Waals surface area contributed by atoms with Crippen LogP contribution in [-0.2, 0) is 9.53 Å². The van der Waals surface area contributed by atoms with E-state index in [0.29, 0.717) is 6.42 Å². The Balaban J connectivity index is 3.19. The van der Waals surface area contributed by atoms with E-state index < -0.39 is 39.1 Å². The summed E-state index contributed by atoms with van der Waals surface area (Å²) in [5.41, 5.74) is -1.46. The second-order valence-corrected chi connectivity index (χ2v) is 5.11. The van der Waals surface area contributed by atoms with Crippen molar-refractivity contribution in [3.05, 3.63) is 44.0 Å². The highest BCUT2D eigenvalue weighted by Gasteiger charge is 2.28. The summed E-state index contributed by atoms with van der Waals surface area (Å²) in [7, 11) is 1.17. The highest BCUT2D eigenvalue weighted by molar-refractivity contribution is 5.98. The number of hydrogen-bond acceptors (Lipinski definition) is 7. The van der Waals surface area contributed by atoms with Crippen LogP contribution in [-0.4, -0.2) is 34.9 Å². The SMILES string of the molecule is CC[C@H](C)[C@H](NC(=O)c1cc([N+](=O)[O-])cc([N+](=O)[O-])c1)C(=O)OC. The number of nitro benzene ring substituents is 2. The molecule has 0 aliphatic carbocycles. The lowest BCUT2D eigenvalue weighted by Crippen LogP contribution is -2.45. The first-order chi connectivity index (χ1) is 11.2. The largest absolute Gasteiger partial charge is 0.467 e. The summed E-state index contributed by atoms with van der Waals surface area (Å²) in [5, 5.41) is 24.1. The molecule has 1 aromatic rings. The molecular formula is C14H17N3O7. The number of carbonyl (C=O) groups excluding carboxylic acids is 2. The summed E-state index contributed by atoms with van der Waals surface area (Å²) in [5.74, 6) is -1.76. The van der Waals surface area contributed by atoms with Crippen molar-refractivity contribution < 1.29 is 24.2 Å². The molecule has 10 heteroatoms. The van der Waals surface area contributed by atoms with Crippen LogP contribution in [0, 0.1) is 26.1 Å². The number of benzene rings is 1. The van der Waals surface area contributed by atoms with Crippen molar-refractivity contribution in [3.8, 4) is 0 Å². The molecule has 0 saturated heterocycles. The van der Waals surface area contributed by atoms with E-state index in [4.69, 9.17) is 0 Å². The molecule has 1 amide bonds. The number of rotatable bonds is 7. The van der Waals surface area contributed by atoms with Crippen molar-refractivity contribution in [2.45, 2.75) is 26.3 Å². The quantitative estimate of drug-likeness (QED) is 0.453. The van der Waals surface area contributed by atoms with Gasteiger partial charge in [0.05, 0.1) is 28.6 Å². The van der Waals surface area contributed by atoms with Gasteiger partial charge in [0, 0.05) is 12.1 Å². The Morgan fingerprint density at radius 1 is 1.17 bits per heavy atom. The van der Waals surface area contributed by atoms with Gasteiger partial charge in [0.15, 0.2) is 0 Å². The van der Waals surface area contributed by atoms with E-state index in [-0.39, 0.29) is 11.5 Å². The first kappa shape index (κ1) is 19.0. The zero-order chi connectivity index (χ0) is 18.4. The molecule has 0 spiro atoms. The van der Waals surface area contributed by atoms with E-state index in [1.165, 1.54) is 7.11 Å². The Bertz CT molecular complexity index is 642. The number of carbonyl (C=O) groups is 2. The summed E-state index contributed by atoms with van der Waals surface area (Å²) >= 11 is 0. The molecular weight excluding hydrogens is 322 g/mol. The van der Waals surface area contributed by atoms with E-state index >= 15 is 0 Å². The Labute approximate surface area is 137 Å². The number of nitrogens with one attached hydrogen (secondary N) is 1. The van der Waals surface area contributed by atoms with Crippen LogP contribution >= 0.6 is 0 Å². The van der Waals surface area contributed by atoms with Crippen LogP contribution in [0.4, 0.5) is 11.4 Å². The molecule has 0 saturated carbocycles. The third-order valence-electron chi connectivity index (χ3n) is 3.54. The predicted octanol–water partition coefficient (Wildman–Crippen LogP) is 1.82. The molecule has 1 N–H and O–H groups in total. The Morgan fingerprint density at radius 2 is 1.67 bits per heavy atom. The maximum atomic E-state index is 12.3. The second-order valence-electron chi connectivity index (χ2n) is 5.11. The standard InChI is InChI=1S/C14H17N3O7/c1-4-8(2)12(14(19)24-3)15-13(18)9-5-10(16(20)21)7-11(6-9)17(22)23/h5-8,12H,4H2,1-3H3,(H,15,18)/t8-,12-/m0/s1. The van der Waals surface area contributed by atoms with Crippen LogP contribution in [0.2, 0.25) is 0 Å². The molecule has 0 fully saturated rings. The normalized spacial score (nSPS) is 12.8. The van der Waals surface area contributed by atoms with Gasteiger partial charge in [-0.1, -0.05) is 20.3 Å². The molecule has 0 unspecified atom stereocenters. The zero-order valence-electron chi connectivity index (χ0n) is 13.3. The van der Waals surface area contributed by atoms with Gasteiger partial charge in [0.25, 0.3) is 17.3 Å². The second kappa shape index (κ2) is 7.99.